The summed E-state index contributed by atoms with van der Waals surface area (Å²) < 4.78 is 39.7. The van der Waals surface area contributed by atoms with Crippen LogP contribution < -0.4 is 4.74 Å². The second-order valence-corrected chi connectivity index (χ2v) is 3.74. The Kier molecular flexibility index (Phi) is 3.33. The molecular weight excluding hydrogens is 316 g/mol. The van der Waals surface area contributed by atoms with Gasteiger partial charge in [0.05, 0.1) is 4.90 Å². The molecule has 0 fully saturated rings. The van der Waals surface area contributed by atoms with Crippen molar-refractivity contribution < 1.29 is 17.9 Å². The Labute approximate surface area is 91.8 Å². The lowest BCUT2D eigenvalue weighted by Gasteiger charge is -2.11. The van der Waals surface area contributed by atoms with Gasteiger partial charge < -0.3 is 4.74 Å². The van der Waals surface area contributed by atoms with E-state index in [1.165, 1.54) is 12.1 Å². The van der Waals surface area contributed by atoms with Gasteiger partial charge in [0.25, 0.3) is 0 Å². The molecule has 0 aliphatic rings. The van der Waals surface area contributed by atoms with Crippen molar-refractivity contribution >= 4 is 35.2 Å². The number of alkyl halides is 3. The summed E-state index contributed by atoms with van der Waals surface area (Å²) >= 11 is 5.77. The molecule has 0 heterocycles. The van der Waals surface area contributed by atoms with Crippen LogP contribution in [0.1, 0.15) is 0 Å². The van der Waals surface area contributed by atoms with Crippen LogP contribution in [0.15, 0.2) is 23.1 Å². The zero-order chi connectivity index (χ0) is 10.1. The van der Waals surface area contributed by atoms with Gasteiger partial charge in [0, 0.05) is 3.57 Å². The molecule has 0 saturated carbocycles. The number of halogens is 4. The summed E-state index contributed by atoms with van der Waals surface area (Å²) in [5.41, 5.74) is 0. The minimum atomic E-state index is -4.66. The Balaban J connectivity index is 2.96. The van der Waals surface area contributed by atoms with Crippen LogP contribution in [-0.2, 0) is 0 Å². The zero-order valence-electron chi connectivity index (χ0n) is 6.10. The standard InChI is InChI=1S/C7H4F3IOS/c8-7(9,10)12-5-3-1-2-4(11)6(5)13/h1-3,13H. The average molecular weight is 320 g/mol. The fraction of sp³-hybridized carbons (Fsp3) is 0.143. The molecule has 0 atom stereocenters. The Morgan fingerprint density at radius 1 is 1.31 bits per heavy atom. The van der Waals surface area contributed by atoms with Crippen LogP contribution in [0.5, 0.6) is 5.75 Å². The molecule has 0 aliphatic carbocycles. The van der Waals surface area contributed by atoms with Gasteiger partial charge >= 0.3 is 6.36 Å². The first-order valence-electron chi connectivity index (χ1n) is 3.13. The number of ether oxygens (including phenoxy) is 1. The third-order valence-electron chi connectivity index (χ3n) is 1.18. The Morgan fingerprint density at radius 2 is 1.92 bits per heavy atom. The highest BCUT2D eigenvalue weighted by molar-refractivity contribution is 14.1. The first-order chi connectivity index (χ1) is 5.90. The molecule has 0 radical (unpaired) electrons. The van der Waals surface area contributed by atoms with Gasteiger partial charge in [-0.2, -0.15) is 0 Å². The molecule has 0 spiro atoms. The van der Waals surface area contributed by atoms with Crippen molar-refractivity contribution in [2.24, 2.45) is 0 Å². The maximum atomic E-state index is 11.8. The summed E-state index contributed by atoms with van der Waals surface area (Å²) in [5, 5.41) is 0. The van der Waals surface area contributed by atoms with E-state index in [-0.39, 0.29) is 10.6 Å². The molecule has 0 saturated heterocycles. The van der Waals surface area contributed by atoms with E-state index in [2.05, 4.69) is 17.4 Å². The van der Waals surface area contributed by atoms with Gasteiger partial charge in [0.1, 0.15) is 5.75 Å². The van der Waals surface area contributed by atoms with Gasteiger partial charge in [0.15, 0.2) is 0 Å². The second kappa shape index (κ2) is 3.95. The number of hydrogen-bond donors (Lipinski definition) is 1. The van der Waals surface area contributed by atoms with Crippen molar-refractivity contribution in [2.45, 2.75) is 11.3 Å². The van der Waals surface area contributed by atoms with E-state index in [0.717, 1.165) is 0 Å². The van der Waals surface area contributed by atoms with Gasteiger partial charge in [-0.1, -0.05) is 6.07 Å². The quantitative estimate of drug-likeness (QED) is 0.616. The van der Waals surface area contributed by atoms with E-state index in [0.29, 0.717) is 3.57 Å². The molecule has 0 bridgehead atoms. The third-order valence-corrected chi connectivity index (χ3v) is 2.96. The fourth-order valence-electron chi connectivity index (χ4n) is 0.703. The normalized spacial score (nSPS) is 11.5. The predicted molar refractivity (Wildman–Crippen MR) is 53.1 cm³/mol. The molecule has 1 aromatic rings. The topological polar surface area (TPSA) is 9.23 Å². The van der Waals surface area contributed by atoms with Gasteiger partial charge in [-0.15, -0.1) is 25.8 Å². The highest BCUT2D eigenvalue weighted by Gasteiger charge is 2.31. The van der Waals surface area contributed by atoms with Crippen LogP contribution in [-0.4, -0.2) is 6.36 Å². The summed E-state index contributed by atoms with van der Waals surface area (Å²) in [6.07, 6.45) is -4.66. The third kappa shape index (κ3) is 3.26. The largest absolute Gasteiger partial charge is 0.573 e. The lowest BCUT2D eigenvalue weighted by Crippen LogP contribution is -2.17. The number of thiol groups is 1. The molecule has 0 N–H and O–H groups in total. The fourth-order valence-corrected chi connectivity index (χ4v) is 1.37. The molecule has 0 aliphatic heterocycles. The molecule has 1 rings (SSSR count). The molecule has 1 nitrogen and oxygen atoms in total. The molecule has 6 heteroatoms. The molecule has 1 aromatic carbocycles. The van der Waals surface area contributed by atoms with Gasteiger partial charge in [-0.05, 0) is 34.7 Å². The Hall–Kier alpha value is -0.110. The monoisotopic (exact) mass is 320 g/mol. The minimum absolute atomic E-state index is 0.195. The summed E-state index contributed by atoms with van der Waals surface area (Å²) in [5.74, 6) is -0.275. The van der Waals surface area contributed by atoms with Crippen LogP contribution in [0.4, 0.5) is 13.2 Å². The first-order valence-corrected chi connectivity index (χ1v) is 4.66. The van der Waals surface area contributed by atoms with Crippen LogP contribution in [0, 0.1) is 3.57 Å². The van der Waals surface area contributed by atoms with Crippen LogP contribution in [0.2, 0.25) is 0 Å². The minimum Gasteiger partial charge on any atom is -0.405 e. The summed E-state index contributed by atoms with van der Waals surface area (Å²) in [7, 11) is 0. The Bertz CT molecular complexity index is 313. The van der Waals surface area contributed by atoms with Crippen LogP contribution in [0.25, 0.3) is 0 Å². The van der Waals surface area contributed by atoms with E-state index in [4.69, 9.17) is 0 Å². The SMILES string of the molecule is FC(F)(F)Oc1cccc(I)c1S. The van der Waals surface area contributed by atoms with Crippen LogP contribution >= 0.6 is 35.2 Å². The lowest BCUT2D eigenvalue weighted by atomic mass is 10.3. The van der Waals surface area contributed by atoms with Gasteiger partial charge in [0.2, 0.25) is 0 Å². The summed E-state index contributed by atoms with van der Waals surface area (Å²) in [6.45, 7) is 0. The van der Waals surface area contributed by atoms with Crippen molar-refractivity contribution in [1.29, 1.82) is 0 Å². The van der Waals surface area contributed by atoms with Crippen molar-refractivity contribution in [3.8, 4) is 5.75 Å². The van der Waals surface area contributed by atoms with Gasteiger partial charge in [-0.3, -0.25) is 0 Å². The summed E-state index contributed by atoms with van der Waals surface area (Å²) in [4.78, 5) is 0.195. The highest BCUT2D eigenvalue weighted by Crippen LogP contribution is 2.31. The van der Waals surface area contributed by atoms with Crippen molar-refractivity contribution in [3.63, 3.8) is 0 Å². The molecule has 0 aromatic heterocycles. The van der Waals surface area contributed by atoms with Gasteiger partial charge in [-0.25, -0.2) is 0 Å². The van der Waals surface area contributed by atoms with E-state index < -0.39 is 6.36 Å². The lowest BCUT2D eigenvalue weighted by molar-refractivity contribution is -0.275. The van der Waals surface area contributed by atoms with Crippen LogP contribution in [0.3, 0.4) is 0 Å². The first kappa shape index (κ1) is 11.0. The predicted octanol–water partition coefficient (Wildman–Crippen LogP) is 3.48. The number of rotatable bonds is 1. The zero-order valence-corrected chi connectivity index (χ0v) is 9.15. The highest BCUT2D eigenvalue weighted by atomic mass is 127. The number of hydrogen-bond acceptors (Lipinski definition) is 2. The molecular formula is C7H4F3IOS. The van der Waals surface area contributed by atoms with E-state index >= 15 is 0 Å². The maximum absolute atomic E-state index is 11.8. The van der Waals surface area contributed by atoms with Crippen molar-refractivity contribution in [2.75, 3.05) is 0 Å². The molecule has 72 valence electrons. The molecule has 13 heavy (non-hydrogen) atoms. The summed E-state index contributed by atoms with van der Waals surface area (Å²) in [6, 6.07) is 4.34. The van der Waals surface area contributed by atoms with Crippen molar-refractivity contribution in [3.05, 3.63) is 21.8 Å². The molecule has 0 amide bonds. The Morgan fingerprint density at radius 3 is 2.46 bits per heavy atom. The van der Waals surface area contributed by atoms with E-state index in [1.54, 1.807) is 6.07 Å². The van der Waals surface area contributed by atoms with Crippen molar-refractivity contribution in [1.82, 2.24) is 0 Å². The average Bonchev–Trinajstić information content (AvgIpc) is 1.96. The second-order valence-electron chi connectivity index (χ2n) is 2.13. The maximum Gasteiger partial charge on any atom is 0.573 e. The van der Waals surface area contributed by atoms with E-state index in [9.17, 15) is 13.2 Å². The van der Waals surface area contributed by atoms with E-state index in [1.807, 2.05) is 22.6 Å². The smallest absolute Gasteiger partial charge is 0.405 e. The number of benzene rings is 1. The molecule has 0 unspecified atom stereocenters.